The van der Waals surface area contributed by atoms with Gasteiger partial charge in [-0.1, -0.05) is 6.92 Å². The van der Waals surface area contributed by atoms with Gasteiger partial charge in [-0.25, -0.2) is 4.79 Å². The highest BCUT2D eigenvalue weighted by Gasteiger charge is 2.42. The number of carbonyl (C=O) groups is 1. The van der Waals surface area contributed by atoms with Gasteiger partial charge in [0.25, 0.3) is 0 Å². The van der Waals surface area contributed by atoms with Crippen LogP contribution in [0, 0.1) is 5.92 Å². The lowest BCUT2D eigenvalue weighted by atomic mass is 9.82. The van der Waals surface area contributed by atoms with Crippen molar-refractivity contribution in [1.82, 2.24) is 10.6 Å². The first-order chi connectivity index (χ1) is 7.83. The van der Waals surface area contributed by atoms with Crippen LogP contribution in [0.4, 0.5) is 4.79 Å². The van der Waals surface area contributed by atoms with Crippen LogP contribution >= 0.6 is 0 Å². The van der Waals surface area contributed by atoms with Crippen LogP contribution < -0.4 is 10.6 Å². The van der Waals surface area contributed by atoms with E-state index in [0.717, 1.165) is 12.3 Å². The molecule has 2 aliphatic carbocycles. The Kier molecular flexibility index (Phi) is 3.34. The molecule has 0 bridgehead atoms. The Morgan fingerprint density at radius 3 is 2.35 bits per heavy atom. The van der Waals surface area contributed by atoms with E-state index in [-0.39, 0.29) is 12.1 Å². The van der Waals surface area contributed by atoms with Gasteiger partial charge in [-0.05, 0) is 46.0 Å². The summed E-state index contributed by atoms with van der Waals surface area (Å²) < 4.78 is 5.22. The lowest BCUT2D eigenvalue weighted by Gasteiger charge is -2.33. The molecule has 1 amide bonds. The van der Waals surface area contributed by atoms with Crippen LogP contribution in [0.25, 0.3) is 0 Å². The Labute approximate surface area is 103 Å². The summed E-state index contributed by atoms with van der Waals surface area (Å²) in [7, 11) is 0. The van der Waals surface area contributed by atoms with Crippen molar-refractivity contribution in [3.63, 3.8) is 0 Å². The minimum absolute atomic E-state index is 0.265. The van der Waals surface area contributed by atoms with E-state index < -0.39 is 5.60 Å². The summed E-state index contributed by atoms with van der Waals surface area (Å²) in [4.78, 5) is 11.5. The summed E-state index contributed by atoms with van der Waals surface area (Å²) in [5.74, 6) is 0.864. The molecule has 2 aliphatic rings. The van der Waals surface area contributed by atoms with Crippen LogP contribution in [0.1, 0.15) is 47.0 Å². The Hall–Kier alpha value is -0.770. The van der Waals surface area contributed by atoms with Crippen molar-refractivity contribution >= 4 is 6.09 Å². The molecule has 17 heavy (non-hydrogen) atoms. The fourth-order valence-corrected chi connectivity index (χ4v) is 2.34. The second-order valence-electron chi connectivity index (χ2n) is 6.54. The molecule has 0 aromatic rings. The van der Waals surface area contributed by atoms with Crippen molar-refractivity contribution in [3.05, 3.63) is 0 Å². The van der Waals surface area contributed by atoms with Crippen LogP contribution in [0.15, 0.2) is 0 Å². The maximum absolute atomic E-state index is 11.5. The van der Waals surface area contributed by atoms with E-state index in [2.05, 4.69) is 17.6 Å². The van der Waals surface area contributed by atoms with E-state index in [1.165, 1.54) is 12.8 Å². The zero-order chi connectivity index (χ0) is 12.6. The third-order valence-electron chi connectivity index (χ3n) is 3.32. The lowest BCUT2D eigenvalue weighted by molar-refractivity contribution is 0.0521. The lowest BCUT2D eigenvalue weighted by Crippen LogP contribution is -2.44. The maximum atomic E-state index is 11.5. The zero-order valence-electron chi connectivity index (χ0n) is 11.2. The van der Waals surface area contributed by atoms with Gasteiger partial charge >= 0.3 is 6.09 Å². The van der Waals surface area contributed by atoms with Crippen molar-refractivity contribution in [2.45, 2.75) is 70.7 Å². The largest absolute Gasteiger partial charge is 0.444 e. The van der Waals surface area contributed by atoms with Gasteiger partial charge in [0, 0.05) is 18.1 Å². The monoisotopic (exact) mass is 240 g/mol. The number of alkyl carbamates (subject to hydrolysis) is 1. The van der Waals surface area contributed by atoms with E-state index >= 15 is 0 Å². The number of rotatable bonds is 3. The molecular formula is C13H24N2O2. The van der Waals surface area contributed by atoms with Gasteiger partial charge in [0.15, 0.2) is 0 Å². The molecule has 0 aromatic carbocycles. The molecular weight excluding hydrogens is 216 g/mol. The van der Waals surface area contributed by atoms with E-state index in [9.17, 15) is 4.79 Å². The molecule has 4 heteroatoms. The van der Waals surface area contributed by atoms with Crippen LogP contribution in [0.5, 0.6) is 0 Å². The second kappa shape index (κ2) is 4.48. The number of hydrogen-bond acceptors (Lipinski definition) is 3. The van der Waals surface area contributed by atoms with Crippen molar-refractivity contribution in [2.75, 3.05) is 0 Å². The standard InChI is InChI=1S/C13H24N2O2/c1-8-5-9(6-8)14-10-7-11(10)15-12(16)17-13(2,3)4/h8-11,14H,5-7H2,1-4H3,(H,15,16). The molecule has 2 atom stereocenters. The van der Waals surface area contributed by atoms with E-state index in [0.29, 0.717) is 12.1 Å². The van der Waals surface area contributed by atoms with E-state index in [1.807, 2.05) is 20.8 Å². The Balaban J connectivity index is 1.61. The smallest absolute Gasteiger partial charge is 0.407 e. The molecule has 0 aliphatic heterocycles. The highest BCUT2D eigenvalue weighted by molar-refractivity contribution is 5.68. The van der Waals surface area contributed by atoms with Crippen molar-refractivity contribution in [2.24, 2.45) is 5.92 Å². The SMILES string of the molecule is CC1CC(NC2CC2NC(=O)OC(C)(C)C)C1. The minimum atomic E-state index is -0.411. The van der Waals surface area contributed by atoms with Crippen LogP contribution in [-0.2, 0) is 4.74 Å². The third kappa shape index (κ3) is 3.87. The zero-order valence-corrected chi connectivity index (χ0v) is 11.2. The van der Waals surface area contributed by atoms with Gasteiger partial charge in [-0.2, -0.15) is 0 Å². The second-order valence-corrected chi connectivity index (χ2v) is 6.54. The molecule has 2 fully saturated rings. The number of amides is 1. The molecule has 2 saturated carbocycles. The van der Waals surface area contributed by atoms with Gasteiger partial charge in [-0.15, -0.1) is 0 Å². The average Bonchev–Trinajstić information content (AvgIpc) is 2.76. The quantitative estimate of drug-likeness (QED) is 0.793. The molecule has 98 valence electrons. The van der Waals surface area contributed by atoms with Gasteiger partial charge in [-0.3, -0.25) is 0 Å². The average molecular weight is 240 g/mol. The van der Waals surface area contributed by atoms with Crippen LogP contribution in [-0.4, -0.2) is 29.8 Å². The number of nitrogens with one attached hydrogen (secondary N) is 2. The Morgan fingerprint density at radius 2 is 1.82 bits per heavy atom. The molecule has 0 heterocycles. The van der Waals surface area contributed by atoms with Crippen molar-refractivity contribution in [3.8, 4) is 0 Å². The van der Waals surface area contributed by atoms with Gasteiger partial charge in [0.05, 0.1) is 0 Å². The summed E-state index contributed by atoms with van der Waals surface area (Å²) in [6.45, 7) is 7.92. The predicted octanol–water partition coefficient (Wildman–Crippen LogP) is 2.04. The predicted molar refractivity (Wildman–Crippen MR) is 66.9 cm³/mol. The van der Waals surface area contributed by atoms with Crippen LogP contribution in [0.2, 0.25) is 0 Å². The topological polar surface area (TPSA) is 50.4 Å². The molecule has 4 nitrogen and oxygen atoms in total. The van der Waals surface area contributed by atoms with Crippen molar-refractivity contribution < 1.29 is 9.53 Å². The first-order valence-corrected chi connectivity index (χ1v) is 6.59. The Morgan fingerprint density at radius 1 is 1.18 bits per heavy atom. The number of hydrogen-bond donors (Lipinski definition) is 2. The molecule has 2 N–H and O–H groups in total. The third-order valence-corrected chi connectivity index (χ3v) is 3.32. The van der Waals surface area contributed by atoms with E-state index in [4.69, 9.17) is 4.74 Å². The van der Waals surface area contributed by atoms with Gasteiger partial charge in [0.1, 0.15) is 5.60 Å². The number of ether oxygens (including phenoxy) is 1. The number of carbonyl (C=O) groups excluding carboxylic acids is 1. The normalized spacial score (nSPS) is 36.0. The maximum Gasteiger partial charge on any atom is 0.407 e. The molecule has 2 rings (SSSR count). The fraction of sp³-hybridized carbons (Fsp3) is 0.923. The van der Waals surface area contributed by atoms with Gasteiger partial charge in [0.2, 0.25) is 0 Å². The van der Waals surface area contributed by atoms with Crippen LogP contribution in [0.3, 0.4) is 0 Å². The summed E-state index contributed by atoms with van der Waals surface area (Å²) >= 11 is 0. The molecule has 0 aromatic heterocycles. The summed E-state index contributed by atoms with van der Waals surface area (Å²) in [6, 6.07) is 1.39. The molecule has 0 radical (unpaired) electrons. The van der Waals surface area contributed by atoms with Gasteiger partial charge < -0.3 is 15.4 Å². The minimum Gasteiger partial charge on any atom is -0.444 e. The molecule has 2 unspecified atom stereocenters. The summed E-state index contributed by atoms with van der Waals surface area (Å²) in [6.07, 6.45) is 3.28. The fourth-order valence-electron chi connectivity index (χ4n) is 2.34. The van der Waals surface area contributed by atoms with Crippen molar-refractivity contribution in [1.29, 1.82) is 0 Å². The summed E-state index contributed by atoms with van der Waals surface area (Å²) in [5, 5.41) is 6.47. The molecule has 0 saturated heterocycles. The first-order valence-electron chi connectivity index (χ1n) is 6.59. The summed E-state index contributed by atoms with van der Waals surface area (Å²) in [5.41, 5.74) is -0.411. The molecule has 0 spiro atoms. The van der Waals surface area contributed by atoms with E-state index in [1.54, 1.807) is 0 Å². The Bertz CT molecular complexity index is 292. The first kappa shape index (κ1) is 12.7. The highest BCUT2D eigenvalue weighted by Crippen LogP contribution is 2.31. The highest BCUT2D eigenvalue weighted by atomic mass is 16.6.